The fraction of sp³-hybridized carbons (Fsp3) is 0.583. The van der Waals surface area contributed by atoms with Gasteiger partial charge < -0.3 is 5.11 Å². The summed E-state index contributed by atoms with van der Waals surface area (Å²) in [5, 5.41) is 15.8. The number of hydrogen-bond donors (Lipinski definition) is 1. The summed E-state index contributed by atoms with van der Waals surface area (Å²) in [5.41, 5.74) is -6.00. The Bertz CT molecular complexity index is 700. The predicted octanol–water partition coefficient (Wildman–Crippen LogP) is 2.62. The molecule has 0 spiro atoms. The number of hydrazone groups is 1. The van der Waals surface area contributed by atoms with Crippen LogP contribution in [0, 0.1) is 0 Å². The first-order chi connectivity index (χ1) is 11.4. The lowest BCUT2D eigenvalue weighted by molar-refractivity contribution is -0.302. The third kappa shape index (κ3) is 3.45. The van der Waals surface area contributed by atoms with Crippen LogP contribution in [-0.2, 0) is 11.3 Å². The molecule has 2 heterocycles. The summed E-state index contributed by atoms with van der Waals surface area (Å²) >= 11 is 0. The lowest BCUT2D eigenvalue weighted by Crippen LogP contribution is -2.57. The van der Waals surface area contributed by atoms with Crippen molar-refractivity contribution in [2.75, 3.05) is 0 Å². The summed E-state index contributed by atoms with van der Waals surface area (Å²) in [5.74, 6) is -1.54. The van der Waals surface area contributed by atoms with E-state index in [1.807, 2.05) is 0 Å². The van der Waals surface area contributed by atoms with Crippen LogP contribution in [0.15, 0.2) is 11.2 Å². The summed E-state index contributed by atoms with van der Waals surface area (Å²) in [6.45, 7) is -0.112. The molecule has 1 aliphatic heterocycles. The van der Waals surface area contributed by atoms with Gasteiger partial charge in [-0.05, 0) is 13.0 Å². The number of hydrogen-bond acceptors (Lipinski definition) is 4. The van der Waals surface area contributed by atoms with Gasteiger partial charge in [-0.3, -0.25) is 9.48 Å². The van der Waals surface area contributed by atoms with E-state index >= 15 is 0 Å². The lowest BCUT2D eigenvalue weighted by atomic mass is 10.1. The highest BCUT2D eigenvalue weighted by Crippen LogP contribution is 2.40. The normalized spacial score (nSPS) is 21.4. The second kappa shape index (κ2) is 6.28. The van der Waals surface area contributed by atoms with Crippen molar-refractivity contribution in [1.82, 2.24) is 14.8 Å². The first-order valence-electron chi connectivity index (χ1n) is 6.67. The molecule has 1 amide bonds. The third-order valence-electron chi connectivity index (χ3n) is 3.38. The van der Waals surface area contributed by atoms with Gasteiger partial charge >= 0.3 is 6.18 Å². The number of carbonyl (C=O) groups excluding carboxylic acids is 1. The molecule has 0 aliphatic carbocycles. The standard InChI is InChI=1S/C12H11F7N4O2/c1-5-3-11(25,12(17,18)19)23(20-5)8(24)4-22-7(10(15)16)2-6(21-22)9(13)14/h2,9-10,25H,3-4H2,1H3/t11-/m0/s1. The van der Waals surface area contributed by atoms with Gasteiger partial charge in [-0.1, -0.05) is 0 Å². The molecule has 2 rings (SSSR count). The number of halogens is 7. The molecule has 0 radical (unpaired) electrons. The minimum atomic E-state index is -5.27. The van der Waals surface area contributed by atoms with Gasteiger partial charge in [0.2, 0.25) is 0 Å². The van der Waals surface area contributed by atoms with E-state index in [4.69, 9.17) is 0 Å². The Morgan fingerprint density at radius 3 is 2.40 bits per heavy atom. The highest BCUT2D eigenvalue weighted by molar-refractivity contribution is 5.89. The van der Waals surface area contributed by atoms with Crippen molar-refractivity contribution in [1.29, 1.82) is 0 Å². The second-order valence-electron chi connectivity index (χ2n) is 5.29. The van der Waals surface area contributed by atoms with Crippen LogP contribution in [0.3, 0.4) is 0 Å². The molecule has 1 aromatic rings. The van der Waals surface area contributed by atoms with Gasteiger partial charge in [0.25, 0.3) is 24.5 Å². The summed E-state index contributed by atoms with van der Waals surface area (Å²) in [6, 6.07) is 0.344. The van der Waals surface area contributed by atoms with Crippen LogP contribution < -0.4 is 0 Å². The van der Waals surface area contributed by atoms with Crippen molar-refractivity contribution in [3.8, 4) is 0 Å². The molecule has 25 heavy (non-hydrogen) atoms. The van der Waals surface area contributed by atoms with Crippen molar-refractivity contribution in [2.45, 2.75) is 44.6 Å². The van der Waals surface area contributed by atoms with Crippen molar-refractivity contribution in [3.05, 3.63) is 17.5 Å². The maximum atomic E-state index is 13.0. The molecule has 0 saturated carbocycles. The molecule has 6 nitrogen and oxygen atoms in total. The molecule has 140 valence electrons. The maximum absolute atomic E-state index is 13.0. The van der Waals surface area contributed by atoms with Crippen molar-refractivity contribution in [3.63, 3.8) is 0 Å². The van der Waals surface area contributed by atoms with Crippen molar-refractivity contribution >= 4 is 11.6 Å². The highest BCUT2D eigenvalue weighted by Gasteiger charge is 2.62. The number of nitrogens with zero attached hydrogens (tertiary/aromatic N) is 4. The third-order valence-corrected chi connectivity index (χ3v) is 3.38. The number of amides is 1. The highest BCUT2D eigenvalue weighted by atomic mass is 19.4. The van der Waals surface area contributed by atoms with Crippen molar-refractivity contribution < 1.29 is 40.6 Å². The van der Waals surface area contributed by atoms with Crippen LogP contribution in [-0.4, -0.2) is 43.4 Å². The van der Waals surface area contributed by atoms with Crippen LogP contribution in [0.25, 0.3) is 0 Å². The Hall–Kier alpha value is -2.18. The average Bonchev–Trinajstić information content (AvgIpc) is 3.00. The minimum Gasteiger partial charge on any atom is -0.362 e. The average molecular weight is 376 g/mol. The van der Waals surface area contributed by atoms with Crippen LogP contribution in [0.5, 0.6) is 0 Å². The second-order valence-corrected chi connectivity index (χ2v) is 5.29. The largest absolute Gasteiger partial charge is 0.438 e. The van der Waals surface area contributed by atoms with Crippen LogP contribution in [0.4, 0.5) is 30.7 Å². The van der Waals surface area contributed by atoms with Crippen LogP contribution in [0.2, 0.25) is 0 Å². The van der Waals surface area contributed by atoms with E-state index in [1.54, 1.807) is 0 Å². The van der Waals surface area contributed by atoms with E-state index in [9.17, 15) is 40.6 Å². The number of alkyl halides is 7. The molecule has 0 saturated heterocycles. The number of aromatic nitrogens is 2. The Balaban J connectivity index is 2.33. The summed E-state index contributed by atoms with van der Waals surface area (Å²) in [4.78, 5) is 12.0. The van der Waals surface area contributed by atoms with E-state index in [2.05, 4.69) is 10.2 Å². The quantitative estimate of drug-likeness (QED) is 0.822. The molecule has 1 aliphatic rings. The minimum absolute atomic E-state index is 0.161. The van der Waals surface area contributed by atoms with E-state index in [0.29, 0.717) is 6.07 Å². The molecule has 1 atom stereocenters. The maximum Gasteiger partial charge on any atom is 0.438 e. The van der Waals surface area contributed by atoms with Gasteiger partial charge in [-0.25, -0.2) is 17.6 Å². The van der Waals surface area contributed by atoms with E-state index < -0.39 is 55.0 Å². The van der Waals surface area contributed by atoms with Crippen molar-refractivity contribution in [2.24, 2.45) is 5.10 Å². The Morgan fingerprint density at radius 1 is 1.32 bits per heavy atom. The Kier molecular flexibility index (Phi) is 4.81. The first-order valence-corrected chi connectivity index (χ1v) is 6.67. The molecule has 0 bridgehead atoms. The molecule has 1 N–H and O–H groups in total. The number of rotatable bonds is 4. The monoisotopic (exact) mass is 376 g/mol. The Labute approximate surface area is 135 Å². The van der Waals surface area contributed by atoms with Gasteiger partial charge in [-0.2, -0.15) is 28.4 Å². The Morgan fingerprint density at radius 2 is 1.92 bits per heavy atom. The molecular weight excluding hydrogens is 365 g/mol. The summed E-state index contributed by atoms with van der Waals surface area (Å²) < 4.78 is 90.1. The van der Waals surface area contributed by atoms with Gasteiger partial charge in [0, 0.05) is 12.1 Å². The molecule has 0 unspecified atom stereocenters. The van der Waals surface area contributed by atoms with E-state index in [1.165, 1.54) is 0 Å². The zero-order chi connectivity index (χ0) is 19.2. The fourth-order valence-corrected chi connectivity index (χ4v) is 2.26. The zero-order valence-electron chi connectivity index (χ0n) is 12.4. The lowest BCUT2D eigenvalue weighted by Gasteiger charge is -2.32. The topological polar surface area (TPSA) is 70.7 Å². The molecular formula is C12H11F7N4O2. The van der Waals surface area contributed by atoms with E-state index in [-0.39, 0.29) is 15.4 Å². The van der Waals surface area contributed by atoms with E-state index in [0.717, 1.165) is 6.92 Å². The smallest absolute Gasteiger partial charge is 0.362 e. The van der Waals surface area contributed by atoms with Crippen LogP contribution >= 0.6 is 0 Å². The molecule has 0 fully saturated rings. The van der Waals surface area contributed by atoms with Gasteiger partial charge in [0.15, 0.2) is 0 Å². The molecule has 0 aromatic carbocycles. The fourth-order valence-electron chi connectivity index (χ4n) is 2.26. The zero-order valence-corrected chi connectivity index (χ0v) is 12.4. The predicted molar refractivity (Wildman–Crippen MR) is 67.7 cm³/mol. The first kappa shape index (κ1) is 19.1. The number of aliphatic hydroxyl groups is 1. The van der Waals surface area contributed by atoms with Gasteiger partial charge in [0.05, 0.1) is 0 Å². The van der Waals surface area contributed by atoms with Crippen LogP contribution in [0.1, 0.15) is 37.6 Å². The molecule has 1 aromatic heterocycles. The SMILES string of the molecule is CC1=NN(C(=O)Cn2nc(C(F)F)cc2C(F)F)[C@@](O)(C(F)(F)F)C1. The van der Waals surface area contributed by atoms with Gasteiger partial charge in [-0.15, -0.1) is 0 Å². The summed E-state index contributed by atoms with van der Waals surface area (Å²) in [7, 11) is 0. The number of carbonyl (C=O) groups is 1. The van der Waals surface area contributed by atoms with Gasteiger partial charge in [0.1, 0.15) is 17.9 Å². The molecule has 13 heteroatoms. The summed E-state index contributed by atoms with van der Waals surface area (Å²) in [6.07, 6.45) is -12.8.